The van der Waals surface area contributed by atoms with Crippen molar-refractivity contribution >= 4 is 17.5 Å². The summed E-state index contributed by atoms with van der Waals surface area (Å²) >= 11 is 0. The van der Waals surface area contributed by atoms with Gasteiger partial charge in [-0.3, -0.25) is 9.59 Å². The van der Waals surface area contributed by atoms with Gasteiger partial charge in [-0.1, -0.05) is 24.3 Å². The number of hydrogen-bond acceptors (Lipinski definition) is 2. The summed E-state index contributed by atoms with van der Waals surface area (Å²) in [6.07, 6.45) is -2.66. The number of carbonyl (C=O) groups is 2. The third kappa shape index (κ3) is 4.87. The molecule has 1 saturated heterocycles. The minimum Gasteiger partial charge on any atom is -0.339 e. The fourth-order valence-electron chi connectivity index (χ4n) is 3.08. The van der Waals surface area contributed by atoms with Crippen LogP contribution in [0.5, 0.6) is 0 Å². The van der Waals surface area contributed by atoms with E-state index in [1.165, 1.54) is 12.1 Å². The Kier molecular flexibility index (Phi) is 5.48. The van der Waals surface area contributed by atoms with Crippen molar-refractivity contribution in [1.82, 2.24) is 4.90 Å². The van der Waals surface area contributed by atoms with Crippen LogP contribution < -0.4 is 5.32 Å². The molecule has 3 rings (SSSR count). The van der Waals surface area contributed by atoms with Gasteiger partial charge in [-0.2, -0.15) is 13.2 Å². The molecule has 0 saturated carbocycles. The molecule has 2 aromatic carbocycles. The van der Waals surface area contributed by atoms with Crippen LogP contribution in [0.25, 0.3) is 0 Å². The quantitative estimate of drug-likeness (QED) is 0.873. The zero-order valence-corrected chi connectivity index (χ0v) is 14.6. The Morgan fingerprint density at radius 3 is 2.41 bits per heavy atom. The van der Waals surface area contributed by atoms with Crippen molar-refractivity contribution in [1.29, 1.82) is 0 Å². The molecular formula is C20H19F3N2O2. The Morgan fingerprint density at radius 2 is 1.70 bits per heavy atom. The lowest BCUT2D eigenvalue weighted by Gasteiger charge is -2.16. The summed E-state index contributed by atoms with van der Waals surface area (Å²) in [6.45, 7) is 1.45. The summed E-state index contributed by atoms with van der Waals surface area (Å²) in [5, 5.41) is 2.64. The van der Waals surface area contributed by atoms with E-state index in [2.05, 4.69) is 5.32 Å². The third-order valence-electron chi connectivity index (χ3n) is 4.41. The van der Waals surface area contributed by atoms with Gasteiger partial charge in [0.1, 0.15) is 0 Å². The van der Waals surface area contributed by atoms with Crippen molar-refractivity contribution in [2.45, 2.75) is 25.4 Å². The van der Waals surface area contributed by atoms with Gasteiger partial charge in [-0.05, 0) is 42.7 Å². The number of alkyl halides is 3. The fourth-order valence-corrected chi connectivity index (χ4v) is 3.08. The van der Waals surface area contributed by atoms with Crippen LogP contribution in [-0.4, -0.2) is 29.8 Å². The van der Waals surface area contributed by atoms with E-state index in [1.807, 2.05) is 0 Å². The molecule has 1 fully saturated rings. The number of nitrogens with one attached hydrogen (secondary N) is 1. The maximum atomic E-state index is 12.8. The molecular weight excluding hydrogens is 357 g/mol. The first kappa shape index (κ1) is 18.9. The Bertz CT molecular complexity index is 843. The lowest BCUT2D eigenvalue weighted by atomic mass is 10.1. The predicted molar refractivity (Wildman–Crippen MR) is 95.4 cm³/mol. The molecule has 0 atom stereocenters. The maximum absolute atomic E-state index is 12.8. The van der Waals surface area contributed by atoms with Gasteiger partial charge in [-0.15, -0.1) is 0 Å². The van der Waals surface area contributed by atoms with E-state index in [1.54, 1.807) is 29.2 Å². The normalized spacial score (nSPS) is 14.3. The molecule has 0 radical (unpaired) electrons. The number of amides is 2. The van der Waals surface area contributed by atoms with Crippen LogP contribution in [0.2, 0.25) is 0 Å². The van der Waals surface area contributed by atoms with E-state index >= 15 is 0 Å². The monoisotopic (exact) mass is 376 g/mol. The van der Waals surface area contributed by atoms with E-state index in [9.17, 15) is 22.8 Å². The molecule has 0 spiro atoms. The molecule has 7 heteroatoms. The van der Waals surface area contributed by atoms with Crippen LogP contribution in [0.4, 0.5) is 18.9 Å². The Hall–Kier alpha value is -2.83. The van der Waals surface area contributed by atoms with Gasteiger partial charge in [0.05, 0.1) is 12.0 Å². The number of anilines is 1. The van der Waals surface area contributed by atoms with Crippen LogP contribution in [0.1, 0.15) is 34.3 Å². The van der Waals surface area contributed by atoms with Gasteiger partial charge >= 0.3 is 6.18 Å². The van der Waals surface area contributed by atoms with Crippen molar-refractivity contribution in [3.8, 4) is 0 Å². The summed E-state index contributed by atoms with van der Waals surface area (Å²) in [6, 6.07) is 11.3. The second kappa shape index (κ2) is 7.82. The topological polar surface area (TPSA) is 49.4 Å². The van der Waals surface area contributed by atoms with E-state index in [0.717, 1.165) is 38.1 Å². The van der Waals surface area contributed by atoms with Crippen molar-refractivity contribution in [2.24, 2.45) is 0 Å². The maximum Gasteiger partial charge on any atom is 0.416 e. The molecule has 0 aromatic heterocycles. The van der Waals surface area contributed by atoms with E-state index in [-0.39, 0.29) is 17.9 Å². The molecule has 0 bridgehead atoms. The van der Waals surface area contributed by atoms with Crippen molar-refractivity contribution in [3.63, 3.8) is 0 Å². The Labute approximate surface area is 155 Å². The molecule has 1 N–H and O–H groups in total. The average molecular weight is 376 g/mol. The summed E-state index contributed by atoms with van der Waals surface area (Å²) in [5.41, 5.74) is 0.406. The van der Waals surface area contributed by atoms with Gasteiger partial charge in [-0.25, -0.2) is 0 Å². The minimum absolute atomic E-state index is 0.0820. The molecule has 2 aromatic rings. The first-order chi connectivity index (χ1) is 12.8. The Balaban J connectivity index is 1.66. The highest BCUT2D eigenvalue weighted by Crippen LogP contribution is 2.29. The van der Waals surface area contributed by atoms with E-state index in [0.29, 0.717) is 11.3 Å². The van der Waals surface area contributed by atoms with Gasteiger partial charge in [0.25, 0.3) is 5.91 Å². The zero-order valence-electron chi connectivity index (χ0n) is 14.6. The number of benzene rings is 2. The summed E-state index contributed by atoms with van der Waals surface area (Å²) < 4.78 is 38.3. The zero-order chi connectivity index (χ0) is 19.4. The second-order valence-electron chi connectivity index (χ2n) is 6.50. The molecule has 4 nitrogen and oxygen atoms in total. The smallest absolute Gasteiger partial charge is 0.339 e. The number of rotatable bonds is 4. The highest BCUT2D eigenvalue weighted by Gasteiger charge is 2.30. The number of nitrogens with zero attached hydrogens (tertiary/aromatic N) is 1. The lowest BCUT2D eigenvalue weighted by Crippen LogP contribution is -2.27. The minimum atomic E-state index is -4.45. The van der Waals surface area contributed by atoms with Crippen molar-refractivity contribution in [3.05, 3.63) is 65.2 Å². The molecule has 0 unspecified atom stereocenters. The largest absolute Gasteiger partial charge is 0.416 e. The third-order valence-corrected chi connectivity index (χ3v) is 4.41. The first-order valence-corrected chi connectivity index (χ1v) is 8.68. The predicted octanol–water partition coefficient (Wildman–Crippen LogP) is 4.12. The first-order valence-electron chi connectivity index (χ1n) is 8.68. The molecule has 1 aliphatic rings. The standard InChI is InChI=1S/C20H19F3N2O2/c21-20(22,23)16-7-3-5-14(11-16)12-18(26)24-17-8-4-6-15(13-17)19(27)25-9-1-2-10-25/h3-8,11,13H,1-2,9-10,12H2,(H,24,26). The van der Waals surface area contributed by atoms with Gasteiger partial charge in [0, 0.05) is 24.3 Å². The number of hydrogen-bond donors (Lipinski definition) is 1. The number of likely N-dealkylation sites (tertiary alicyclic amines) is 1. The van der Waals surface area contributed by atoms with Gasteiger partial charge in [0.15, 0.2) is 0 Å². The SMILES string of the molecule is O=C(Cc1cccc(C(F)(F)F)c1)Nc1cccc(C(=O)N2CCCC2)c1. The number of carbonyl (C=O) groups excluding carboxylic acids is 2. The molecule has 0 aliphatic carbocycles. The van der Waals surface area contributed by atoms with Gasteiger partial charge < -0.3 is 10.2 Å². The molecule has 1 heterocycles. The fraction of sp³-hybridized carbons (Fsp3) is 0.300. The van der Waals surface area contributed by atoms with Crippen LogP contribution in [0.3, 0.4) is 0 Å². The Morgan fingerprint density at radius 1 is 1.00 bits per heavy atom. The van der Waals surface area contributed by atoms with Crippen molar-refractivity contribution < 1.29 is 22.8 Å². The lowest BCUT2D eigenvalue weighted by molar-refractivity contribution is -0.137. The highest BCUT2D eigenvalue weighted by atomic mass is 19.4. The van der Waals surface area contributed by atoms with E-state index < -0.39 is 17.6 Å². The summed E-state index contributed by atoms with van der Waals surface area (Å²) in [7, 11) is 0. The van der Waals surface area contributed by atoms with Crippen LogP contribution in [-0.2, 0) is 17.4 Å². The molecule has 1 aliphatic heterocycles. The van der Waals surface area contributed by atoms with Crippen molar-refractivity contribution in [2.75, 3.05) is 18.4 Å². The second-order valence-corrected chi connectivity index (χ2v) is 6.50. The van der Waals surface area contributed by atoms with Crippen LogP contribution in [0, 0.1) is 0 Å². The highest BCUT2D eigenvalue weighted by molar-refractivity contribution is 5.97. The molecule has 27 heavy (non-hydrogen) atoms. The van der Waals surface area contributed by atoms with Gasteiger partial charge in [0.2, 0.25) is 5.91 Å². The van der Waals surface area contributed by atoms with E-state index in [4.69, 9.17) is 0 Å². The van der Waals surface area contributed by atoms with Crippen LogP contribution >= 0.6 is 0 Å². The summed E-state index contributed by atoms with van der Waals surface area (Å²) in [4.78, 5) is 26.4. The average Bonchev–Trinajstić information content (AvgIpc) is 3.15. The molecule has 142 valence electrons. The molecule has 2 amide bonds. The summed E-state index contributed by atoms with van der Waals surface area (Å²) in [5.74, 6) is -0.526. The van der Waals surface area contributed by atoms with Crippen LogP contribution in [0.15, 0.2) is 48.5 Å². The number of halogens is 3.